The van der Waals surface area contributed by atoms with Gasteiger partial charge in [-0.2, -0.15) is 17.8 Å². The van der Waals surface area contributed by atoms with E-state index in [2.05, 4.69) is 19.8 Å². The minimum absolute atomic E-state index is 0.0195. The minimum Gasteiger partial charge on any atom is -0.394 e. The topological polar surface area (TPSA) is 203 Å². The van der Waals surface area contributed by atoms with Crippen LogP contribution in [0.15, 0.2) is 5.16 Å². The van der Waals surface area contributed by atoms with Crippen LogP contribution in [-0.2, 0) is 24.7 Å². The van der Waals surface area contributed by atoms with E-state index in [9.17, 15) is 18.0 Å². The molecule has 2 amide bonds. The van der Waals surface area contributed by atoms with Crippen LogP contribution in [0.1, 0.15) is 12.7 Å². The van der Waals surface area contributed by atoms with Crippen molar-refractivity contribution in [3.63, 3.8) is 0 Å². The van der Waals surface area contributed by atoms with Crippen LogP contribution < -0.4 is 16.8 Å². The normalized spacial score (nSPS) is 21.0. The summed E-state index contributed by atoms with van der Waals surface area (Å²) in [5, 5.41) is 5.96. The van der Waals surface area contributed by atoms with Gasteiger partial charge in [-0.25, -0.2) is 4.31 Å². The van der Waals surface area contributed by atoms with Crippen molar-refractivity contribution in [1.29, 1.82) is 0 Å². The summed E-state index contributed by atoms with van der Waals surface area (Å²) in [5.74, 6) is -1.99. The fourth-order valence-corrected chi connectivity index (χ4v) is 3.31. The van der Waals surface area contributed by atoms with Gasteiger partial charge in [0.15, 0.2) is 5.13 Å². The monoisotopic (exact) mass is 393 g/mol. The molecule has 1 aromatic heterocycles. The Balaban J connectivity index is 2.16. The van der Waals surface area contributed by atoms with E-state index < -0.39 is 34.2 Å². The highest BCUT2D eigenvalue weighted by Crippen LogP contribution is 2.23. The molecular formula is C10H15N7O6S2. The summed E-state index contributed by atoms with van der Waals surface area (Å²) >= 11 is 0.821. The summed E-state index contributed by atoms with van der Waals surface area (Å²) in [6.07, 6.45) is 0. The van der Waals surface area contributed by atoms with Crippen LogP contribution >= 0.6 is 11.5 Å². The van der Waals surface area contributed by atoms with Crippen LogP contribution in [-0.4, -0.2) is 69.4 Å². The molecule has 2 rings (SSSR count). The number of aromatic nitrogens is 2. The second kappa shape index (κ2) is 7.26. The lowest BCUT2D eigenvalue weighted by Crippen LogP contribution is -2.71. The highest BCUT2D eigenvalue weighted by molar-refractivity contribution is 7.84. The number of amides is 2. The van der Waals surface area contributed by atoms with Gasteiger partial charge in [0.05, 0.1) is 6.04 Å². The number of nitrogens with one attached hydrogen (secondary N) is 1. The van der Waals surface area contributed by atoms with E-state index in [1.165, 1.54) is 6.92 Å². The second-order valence-corrected chi connectivity index (χ2v) is 6.89. The molecule has 6 N–H and O–H groups in total. The Kier molecular flexibility index (Phi) is 5.51. The first-order valence-electron chi connectivity index (χ1n) is 6.78. The summed E-state index contributed by atoms with van der Waals surface area (Å²) in [5.41, 5.74) is 10.4. The molecule has 0 aromatic carbocycles. The maximum Gasteiger partial charge on any atom is 0.362 e. The molecule has 2 atom stereocenters. The lowest BCUT2D eigenvalue weighted by atomic mass is 10.0. The zero-order valence-corrected chi connectivity index (χ0v) is 14.5. The quantitative estimate of drug-likeness (QED) is 0.124. The summed E-state index contributed by atoms with van der Waals surface area (Å²) in [6, 6.07) is -2.16. The van der Waals surface area contributed by atoms with Crippen molar-refractivity contribution < 1.29 is 27.4 Å². The third-order valence-corrected chi connectivity index (χ3v) is 4.66. The average molecular weight is 393 g/mol. The number of hydrogen-bond donors (Lipinski definition) is 4. The van der Waals surface area contributed by atoms with Gasteiger partial charge in [0.2, 0.25) is 11.5 Å². The van der Waals surface area contributed by atoms with Crippen molar-refractivity contribution in [2.24, 2.45) is 10.9 Å². The molecule has 0 bridgehead atoms. The van der Waals surface area contributed by atoms with Crippen LogP contribution in [0.2, 0.25) is 0 Å². The van der Waals surface area contributed by atoms with E-state index in [-0.39, 0.29) is 34.1 Å². The molecule has 0 unspecified atom stereocenters. The van der Waals surface area contributed by atoms with Crippen molar-refractivity contribution >= 4 is 44.5 Å². The number of nitrogens with zero attached hydrogens (tertiary/aromatic N) is 4. The Morgan fingerprint density at radius 2 is 2.24 bits per heavy atom. The molecule has 25 heavy (non-hydrogen) atoms. The molecule has 1 aromatic rings. The van der Waals surface area contributed by atoms with Gasteiger partial charge < -0.3 is 21.6 Å². The van der Waals surface area contributed by atoms with E-state index in [1.54, 1.807) is 0 Å². The predicted molar refractivity (Wildman–Crippen MR) is 85.7 cm³/mol. The number of anilines is 1. The van der Waals surface area contributed by atoms with Crippen molar-refractivity contribution in [3.05, 3.63) is 5.82 Å². The lowest BCUT2D eigenvalue weighted by Gasteiger charge is -2.42. The standard InChI is InChI=1S/C10H15N7O6S2/c1-4-5(9(19)17(4)25(20,21)22)13-8(18)6(15-23-3-2-11)7-14-10(12)24-16-7/h4-5H,2-3,11H2,1H3,(H,13,18)(H2,12,14,16)(H,20,21,22)/b15-6-/t4-,5-/m0/s1. The fourth-order valence-electron chi connectivity index (χ4n) is 1.99. The highest BCUT2D eigenvalue weighted by atomic mass is 32.2. The van der Waals surface area contributed by atoms with Crippen LogP contribution in [0, 0.1) is 0 Å². The van der Waals surface area contributed by atoms with Crippen molar-refractivity contribution in [3.8, 4) is 0 Å². The molecule has 15 heteroatoms. The number of carbonyl (C=O) groups excluding carboxylic acids is 2. The molecule has 0 saturated carbocycles. The van der Waals surface area contributed by atoms with E-state index in [0.29, 0.717) is 0 Å². The Bertz CT molecular complexity index is 806. The second-order valence-electron chi connectivity index (χ2n) is 4.82. The van der Waals surface area contributed by atoms with Gasteiger partial charge in [0, 0.05) is 18.1 Å². The maximum absolute atomic E-state index is 12.3. The first-order valence-corrected chi connectivity index (χ1v) is 8.95. The molecule has 0 radical (unpaired) electrons. The SMILES string of the molecule is C[C@H]1[C@H](NC(=O)/C(=N\OCCN)c2nsc(N)n2)C(=O)N1S(=O)(=O)O. The summed E-state index contributed by atoms with van der Waals surface area (Å²) in [6.45, 7) is 1.50. The Morgan fingerprint density at radius 3 is 2.72 bits per heavy atom. The zero-order valence-electron chi connectivity index (χ0n) is 12.8. The number of oxime groups is 1. The minimum atomic E-state index is -4.70. The van der Waals surface area contributed by atoms with Crippen molar-refractivity contribution in [2.45, 2.75) is 19.0 Å². The number of β-lactam (4-membered cyclic amide) rings is 1. The smallest absolute Gasteiger partial charge is 0.362 e. The predicted octanol–water partition coefficient (Wildman–Crippen LogP) is -2.68. The fraction of sp³-hybridized carbons (Fsp3) is 0.500. The largest absolute Gasteiger partial charge is 0.394 e. The molecule has 2 heterocycles. The van der Waals surface area contributed by atoms with Gasteiger partial charge in [-0.3, -0.25) is 14.1 Å². The van der Waals surface area contributed by atoms with Crippen LogP contribution in [0.4, 0.5) is 5.13 Å². The number of rotatable bonds is 7. The van der Waals surface area contributed by atoms with Crippen molar-refractivity contribution in [2.75, 3.05) is 18.9 Å². The highest BCUT2D eigenvalue weighted by Gasteiger charge is 2.51. The molecule has 13 nitrogen and oxygen atoms in total. The summed E-state index contributed by atoms with van der Waals surface area (Å²) in [4.78, 5) is 32.8. The Labute approximate surface area is 146 Å². The molecule has 1 aliphatic heterocycles. The number of hydrogen-bond acceptors (Lipinski definition) is 11. The van der Waals surface area contributed by atoms with Gasteiger partial charge in [-0.1, -0.05) is 5.16 Å². The van der Waals surface area contributed by atoms with E-state index in [1.807, 2.05) is 0 Å². The Hall–Kier alpha value is -2.36. The third kappa shape index (κ3) is 4.01. The molecule has 0 aliphatic carbocycles. The van der Waals surface area contributed by atoms with Gasteiger partial charge >= 0.3 is 10.3 Å². The first-order chi connectivity index (χ1) is 11.7. The average Bonchev–Trinajstić information content (AvgIpc) is 2.94. The number of carbonyl (C=O) groups is 2. The van der Waals surface area contributed by atoms with E-state index in [0.717, 1.165) is 11.5 Å². The van der Waals surface area contributed by atoms with Gasteiger partial charge in [-0.15, -0.1) is 0 Å². The lowest BCUT2D eigenvalue weighted by molar-refractivity contribution is -0.143. The summed E-state index contributed by atoms with van der Waals surface area (Å²) in [7, 11) is -4.70. The molecule has 1 aliphatic rings. The first kappa shape index (κ1) is 19.0. The van der Waals surface area contributed by atoms with E-state index in [4.69, 9.17) is 20.9 Å². The molecule has 0 spiro atoms. The number of nitrogen functional groups attached to an aromatic ring is 1. The molecule has 138 valence electrons. The number of nitrogens with two attached hydrogens (primary N) is 2. The molecule has 1 saturated heterocycles. The maximum atomic E-state index is 12.3. The van der Waals surface area contributed by atoms with Crippen LogP contribution in [0.5, 0.6) is 0 Å². The third-order valence-electron chi connectivity index (χ3n) is 3.10. The molecular weight excluding hydrogens is 378 g/mol. The van der Waals surface area contributed by atoms with Gasteiger partial charge in [0.1, 0.15) is 12.6 Å². The Morgan fingerprint density at radius 1 is 1.56 bits per heavy atom. The zero-order chi connectivity index (χ0) is 18.8. The summed E-state index contributed by atoms with van der Waals surface area (Å²) < 4.78 is 35.1. The van der Waals surface area contributed by atoms with Crippen molar-refractivity contribution in [1.82, 2.24) is 19.0 Å². The van der Waals surface area contributed by atoms with Crippen LogP contribution in [0.25, 0.3) is 0 Å². The molecule has 1 fully saturated rings. The van der Waals surface area contributed by atoms with E-state index >= 15 is 0 Å². The van der Waals surface area contributed by atoms with Gasteiger partial charge in [0.25, 0.3) is 11.8 Å². The van der Waals surface area contributed by atoms with Gasteiger partial charge in [-0.05, 0) is 6.92 Å². The van der Waals surface area contributed by atoms with Crippen LogP contribution in [0.3, 0.4) is 0 Å².